The van der Waals surface area contributed by atoms with E-state index in [0.717, 1.165) is 12.8 Å². The molecule has 0 fully saturated rings. The Morgan fingerprint density at radius 3 is 2.31 bits per heavy atom. The van der Waals surface area contributed by atoms with Gasteiger partial charge in [-0.1, -0.05) is 51.8 Å². The van der Waals surface area contributed by atoms with Gasteiger partial charge in [0.15, 0.2) is 0 Å². The maximum absolute atomic E-state index is 12.8. The van der Waals surface area contributed by atoms with Gasteiger partial charge in [-0.15, -0.1) is 0 Å². The van der Waals surface area contributed by atoms with Crippen molar-refractivity contribution in [3.8, 4) is 0 Å². The van der Waals surface area contributed by atoms with Crippen molar-refractivity contribution in [2.45, 2.75) is 65.8 Å². The number of carbonyl (C=O) groups excluding carboxylic acids is 2. The minimum absolute atomic E-state index is 0.0901. The van der Waals surface area contributed by atoms with Crippen LogP contribution in [0.25, 0.3) is 0 Å². The monoisotopic (exact) mass is 483 g/mol. The fourth-order valence-corrected chi connectivity index (χ4v) is 3.68. The number of aliphatic carboxylic acids is 1. The molecule has 0 aromatic heterocycles. The minimum atomic E-state index is -1.12. The normalized spacial score (nSPS) is 13.4. The lowest BCUT2D eigenvalue weighted by molar-refractivity contribution is -0.384. The third-order valence-electron chi connectivity index (χ3n) is 6.34. The standard InChI is InChI=1S/C26H33N3O6/c1-5-7-14-26(4,6-2)25(33)28-22(24(31)32)15-18-9-11-19(12-10-18)27-23(30)21-16-20(29(34)35)13-8-17(21)3/h8-13,16,22H,5-7,14-15H2,1-4H3,(H,27,30)(H,28,33)(H,31,32)/t22-,26?/m0/s1. The van der Waals surface area contributed by atoms with Crippen LogP contribution in [0.2, 0.25) is 0 Å². The van der Waals surface area contributed by atoms with Crippen LogP contribution in [-0.2, 0) is 16.0 Å². The summed E-state index contributed by atoms with van der Waals surface area (Å²) in [5, 5.41) is 26.1. The van der Waals surface area contributed by atoms with Crippen LogP contribution in [0, 0.1) is 22.5 Å². The molecule has 2 atom stereocenters. The highest BCUT2D eigenvalue weighted by molar-refractivity contribution is 6.05. The van der Waals surface area contributed by atoms with E-state index in [-0.39, 0.29) is 23.6 Å². The van der Waals surface area contributed by atoms with Gasteiger partial charge in [0, 0.05) is 35.2 Å². The van der Waals surface area contributed by atoms with Crippen LogP contribution < -0.4 is 10.6 Å². The maximum atomic E-state index is 12.8. The molecule has 0 heterocycles. The zero-order chi connectivity index (χ0) is 26.2. The highest BCUT2D eigenvalue weighted by Gasteiger charge is 2.33. The second kappa shape index (κ2) is 12.1. The molecule has 1 unspecified atom stereocenters. The summed E-state index contributed by atoms with van der Waals surface area (Å²) < 4.78 is 0. The predicted octanol–water partition coefficient (Wildman–Crippen LogP) is 4.87. The molecule has 0 saturated carbocycles. The number of unbranched alkanes of at least 4 members (excludes halogenated alkanes) is 1. The number of nitrogens with one attached hydrogen (secondary N) is 2. The van der Waals surface area contributed by atoms with E-state index in [1.54, 1.807) is 31.2 Å². The minimum Gasteiger partial charge on any atom is -0.480 e. The second-order valence-electron chi connectivity index (χ2n) is 8.99. The first-order valence-electron chi connectivity index (χ1n) is 11.7. The Morgan fingerprint density at radius 2 is 1.77 bits per heavy atom. The molecule has 3 N–H and O–H groups in total. The number of hydrogen-bond donors (Lipinski definition) is 3. The molecule has 2 rings (SSSR count). The van der Waals surface area contributed by atoms with Crippen molar-refractivity contribution in [1.82, 2.24) is 5.32 Å². The molecular formula is C26H33N3O6. The second-order valence-corrected chi connectivity index (χ2v) is 8.99. The number of amides is 2. The molecule has 188 valence electrons. The Hall–Kier alpha value is -3.75. The summed E-state index contributed by atoms with van der Waals surface area (Å²) in [6, 6.07) is 9.60. The maximum Gasteiger partial charge on any atom is 0.326 e. The van der Waals surface area contributed by atoms with Gasteiger partial charge in [-0.3, -0.25) is 19.7 Å². The van der Waals surface area contributed by atoms with Gasteiger partial charge in [0.1, 0.15) is 6.04 Å². The van der Waals surface area contributed by atoms with Crippen LogP contribution in [0.1, 0.15) is 67.9 Å². The number of nitrogens with zero attached hydrogens (tertiary/aromatic N) is 1. The van der Waals surface area contributed by atoms with Crippen LogP contribution in [-0.4, -0.2) is 33.9 Å². The number of carboxylic acid groups (broad SMARTS) is 1. The van der Waals surface area contributed by atoms with E-state index in [1.807, 2.05) is 20.8 Å². The number of carboxylic acids is 1. The van der Waals surface area contributed by atoms with Crippen molar-refractivity contribution in [1.29, 1.82) is 0 Å². The number of nitro benzene ring substituents is 1. The summed E-state index contributed by atoms with van der Waals surface area (Å²) in [6.07, 6.45) is 3.24. The van der Waals surface area contributed by atoms with Crippen molar-refractivity contribution in [3.05, 3.63) is 69.3 Å². The molecule has 2 aromatic carbocycles. The van der Waals surface area contributed by atoms with E-state index < -0.39 is 28.3 Å². The lowest BCUT2D eigenvalue weighted by Crippen LogP contribution is -2.48. The van der Waals surface area contributed by atoms with Gasteiger partial charge in [0.25, 0.3) is 11.6 Å². The van der Waals surface area contributed by atoms with Gasteiger partial charge < -0.3 is 15.7 Å². The van der Waals surface area contributed by atoms with Crippen LogP contribution in [0.4, 0.5) is 11.4 Å². The molecule has 2 aromatic rings. The summed E-state index contributed by atoms with van der Waals surface area (Å²) >= 11 is 0. The zero-order valence-corrected chi connectivity index (χ0v) is 20.6. The Kier molecular flexibility index (Phi) is 9.50. The van der Waals surface area contributed by atoms with E-state index in [4.69, 9.17) is 0 Å². The van der Waals surface area contributed by atoms with Gasteiger partial charge in [-0.05, 0) is 43.0 Å². The van der Waals surface area contributed by atoms with Crippen LogP contribution in [0.15, 0.2) is 42.5 Å². The number of hydrogen-bond acceptors (Lipinski definition) is 5. The summed E-state index contributed by atoms with van der Waals surface area (Å²) in [6.45, 7) is 7.52. The Morgan fingerprint density at radius 1 is 1.11 bits per heavy atom. The number of nitro groups is 1. The van der Waals surface area contributed by atoms with Gasteiger partial charge in [0.2, 0.25) is 5.91 Å². The van der Waals surface area contributed by atoms with E-state index in [1.165, 1.54) is 18.2 Å². The average Bonchev–Trinajstić information content (AvgIpc) is 2.83. The first kappa shape index (κ1) is 27.5. The molecule has 0 spiro atoms. The third-order valence-corrected chi connectivity index (χ3v) is 6.34. The van der Waals surface area contributed by atoms with Gasteiger partial charge in [-0.2, -0.15) is 0 Å². The zero-order valence-electron chi connectivity index (χ0n) is 20.6. The predicted molar refractivity (Wildman–Crippen MR) is 133 cm³/mol. The number of non-ortho nitro benzene ring substituents is 1. The van der Waals surface area contributed by atoms with Crippen molar-refractivity contribution in [3.63, 3.8) is 0 Å². The van der Waals surface area contributed by atoms with Gasteiger partial charge in [-0.25, -0.2) is 4.79 Å². The molecule has 9 heteroatoms. The first-order valence-corrected chi connectivity index (χ1v) is 11.7. The molecule has 9 nitrogen and oxygen atoms in total. The molecule has 0 saturated heterocycles. The number of aryl methyl sites for hydroxylation is 1. The Bertz CT molecular complexity index is 1080. The molecule has 0 aliphatic carbocycles. The lowest BCUT2D eigenvalue weighted by atomic mass is 9.81. The summed E-state index contributed by atoms with van der Waals surface area (Å²) in [4.78, 5) is 47.7. The van der Waals surface area contributed by atoms with E-state index in [2.05, 4.69) is 10.6 Å². The smallest absolute Gasteiger partial charge is 0.326 e. The van der Waals surface area contributed by atoms with E-state index >= 15 is 0 Å². The number of anilines is 1. The van der Waals surface area contributed by atoms with Gasteiger partial charge in [0.05, 0.1) is 4.92 Å². The molecule has 2 amide bonds. The SMILES string of the molecule is CCCCC(C)(CC)C(=O)N[C@@H](Cc1ccc(NC(=O)c2cc([N+](=O)[O-])ccc2C)cc1)C(=O)O. The molecule has 35 heavy (non-hydrogen) atoms. The molecule has 0 aliphatic heterocycles. The van der Waals surface area contributed by atoms with E-state index in [0.29, 0.717) is 29.7 Å². The first-order chi connectivity index (χ1) is 16.5. The topological polar surface area (TPSA) is 139 Å². The van der Waals surface area contributed by atoms with Crippen molar-refractivity contribution >= 4 is 29.2 Å². The van der Waals surface area contributed by atoms with Crippen LogP contribution >= 0.6 is 0 Å². The van der Waals surface area contributed by atoms with Gasteiger partial charge >= 0.3 is 5.97 Å². The summed E-state index contributed by atoms with van der Waals surface area (Å²) in [5.74, 6) is -1.87. The molecular weight excluding hydrogens is 450 g/mol. The fraction of sp³-hybridized carbons (Fsp3) is 0.423. The van der Waals surface area contributed by atoms with E-state index in [9.17, 15) is 29.6 Å². The number of rotatable bonds is 12. The third kappa shape index (κ3) is 7.37. The molecule has 0 aliphatic rings. The number of benzene rings is 2. The number of carbonyl (C=O) groups is 3. The lowest BCUT2D eigenvalue weighted by Gasteiger charge is -2.28. The van der Waals surface area contributed by atoms with Crippen LogP contribution in [0.3, 0.4) is 0 Å². The van der Waals surface area contributed by atoms with Crippen molar-refractivity contribution in [2.24, 2.45) is 5.41 Å². The van der Waals surface area contributed by atoms with Crippen LogP contribution in [0.5, 0.6) is 0 Å². The quantitative estimate of drug-likeness (QED) is 0.291. The van der Waals surface area contributed by atoms with Crippen molar-refractivity contribution in [2.75, 3.05) is 5.32 Å². The highest BCUT2D eigenvalue weighted by atomic mass is 16.6. The summed E-state index contributed by atoms with van der Waals surface area (Å²) in [5.41, 5.74) is 1.13. The molecule has 0 bridgehead atoms. The molecule has 0 radical (unpaired) electrons. The Labute approximate surface area is 205 Å². The Balaban J connectivity index is 2.09. The fourth-order valence-electron chi connectivity index (χ4n) is 3.68. The highest BCUT2D eigenvalue weighted by Crippen LogP contribution is 2.29. The largest absolute Gasteiger partial charge is 0.480 e. The van der Waals surface area contributed by atoms with Crippen molar-refractivity contribution < 1.29 is 24.4 Å². The average molecular weight is 484 g/mol. The summed E-state index contributed by atoms with van der Waals surface area (Å²) in [7, 11) is 0.